The third kappa shape index (κ3) is 3.74. The first-order chi connectivity index (χ1) is 11.3. The predicted molar refractivity (Wildman–Crippen MR) is 95.0 cm³/mol. The molecule has 118 valence electrons. The van der Waals surface area contributed by atoms with Crippen molar-refractivity contribution in [3.63, 3.8) is 0 Å². The lowest BCUT2D eigenvalue weighted by molar-refractivity contribution is 0.186. The Morgan fingerprint density at radius 2 is 1.74 bits per heavy atom. The lowest BCUT2D eigenvalue weighted by atomic mass is 10.1. The normalized spacial score (nSPS) is 12.7. The summed E-state index contributed by atoms with van der Waals surface area (Å²) in [5.74, 6) is 0. The lowest BCUT2D eigenvalue weighted by Gasteiger charge is -2.29. The van der Waals surface area contributed by atoms with Crippen LogP contribution in [0, 0.1) is 0 Å². The summed E-state index contributed by atoms with van der Waals surface area (Å²) in [6, 6.07) is 15.2. The van der Waals surface area contributed by atoms with Crippen molar-refractivity contribution >= 4 is 10.9 Å². The molecular weight excluding hydrogens is 282 g/mol. The minimum Gasteiger partial charge on any atom is -0.292 e. The molecule has 3 aromatic rings. The van der Waals surface area contributed by atoms with Gasteiger partial charge in [-0.05, 0) is 48.7 Å². The van der Waals surface area contributed by atoms with Crippen LogP contribution in [0.2, 0.25) is 0 Å². The van der Waals surface area contributed by atoms with Crippen LogP contribution >= 0.6 is 0 Å². The fourth-order valence-corrected chi connectivity index (χ4v) is 2.86. The van der Waals surface area contributed by atoms with Gasteiger partial charge in [-0.2, -0.15) is 0 Å². The number of hydrogen-bond acceptors (Lipinski definition) is 3. The van der Waals surface area contributed by atoms with Gasteiger partial charge < -0.3 is 0 Å². The Bertz CT molecular complexity index is 750. The van der Waals surface area contributed by atoms with Crippen molar-refractivity contribution in [1.82, 2.24) is 14.9 Å². The zero-order valence-corrected chi connectivity index (χ0v) is 13.8. The highest BCUT2D eigenvalue weighted by Crippen LogP contribution is 2.21. The van der Waals surface area contributed by atoms with Gasteiger partial charge >= 0.3 is 0 Å². The molecule has 0 saturated heterocycles. The zero-order valence-electron chi connectivity index (χ0n) is 13.8. The quantitative estimate of drug-likeness (QED) is 0.674. The van der Waals surface area contributed by atoms with Gasteiger partial charge in [-0.25, -0.2) is 0 Å². The standard InChI is InChI=1S/C20H23N3/c1-3-16(2)23(14-17-8-11-21-12-9-17)15-18-10-13-22-20-7-5-4-6-19(18)20/h4-13,16H,3,14-15H2,1-2H3. The Balaban J connectivity index is 1.88. The molecule has 1 unspecified atom stereocenters. The third-order valence-electron chi connectivity index (χ3n) is 4.46. The van der Waals surface area contributed by atoms with E-state index in [-0.39, 0.29) is 0 Å². The molecule has 0 fully saturated rings. The summed E-state index contributed by atoms with van der Waals surface area (Å²) >= 11 is 0. The molecule has 0 radical (unpaired) electrons. The minimum absolute atomic E-state index is 0.523. The van der Waals surface area contributed by atoms with Crippen LogP contribution in [0.4, 0.5) is 0 Å². The second kappa shape index (κ2) is 7.34. The Hall–Kier alpha value is -2.26. The van der Waals surface area contributed by atoms with Gasteiger partial charge in [-0.1, -0.05) is 25.1 Å². The summed E-state index contributed by atoms with van der Waals surface area (Å²) in [6.45, 7) is 6.41. The van der Waals surface area contributed by atoms with E-state index in [1.807, 2.05) is 24.7 Å². The highest BCUT2D eigenvalue weighted by Gasteiger charge is 2.14. The first-order valence-corrected chi connectivity index (χ1v) is 8.23. The highest BCUT2D eigenvalue weighted by atomic mass is 15.1. The largest absolute Gasteiger partial charge is 0.292 e. The molecule has 0 amide bonds. The van der Waals surface area contributed by atoms with Crippen LogP contribution in [0.5, 0.6) is 0 Å². The number of pyridine rings is 2. The molecule has 23 heavy (non-hydrogen) atoms. The van der Waals surface area contributed by atoms with Crippen LogP contribution in [0.25, 0.3) is 10.9 Å². The molecule has 1 atom stereocenters. The van der Waals surface area contributed by atoms with E-state index in [0.29, 0.717) is 6.04 Å². The van der Waals surface area contributed by atoms with Crippen molar-refractivity contribution in [1.29, 1.82) is 0 Å². The van der Waals surface area contributed by atoms with Crippen LogP contribution in [0.1, 0.15) is 31.4 Å². The SMILES string of the molecule is CCC(C)N(Cc1ccncc1)Cc1ccnc2ccccc12. The van der Waals surface area contributed by atoms with E-state index in [0.717, 1.165) is 25.0 Å². The monoisotopic (exact) mass is 305 g/mol. The smallest absolute Gasteiger partial charge is 0.0705 e. The number of aromatic nitrogens is 2. The lowest BCUT2D eigenvalue weighted by Crippen LogP contribution is -2.31. The van der Waals surface area contributed by atoms with Gasteiger partial charge in [0, 0.05) is 43.1 Å². The molecule has 0 aliphatic rings. The van der Waals surface area contributed by atoms with E-state index in [2.05, 4.69) is 65.1 Å². The molecule has 0 spiro atoms. The van der Waals surface area contributed by atoms with Crippen LogP contribution < -0.4 is 0 Å². The molecule has 1 aromatic carbocycles. The molecule has 2 heterocycles. The van der Waals surface area contributed by atoms with Gasteiger partial charge in [0.25, 0.3) is 0 Å². The van der Waals surface area contributed by atoms with Gasteiger partial charge in [0.05, 0.1) is 5.52 Å². The van der Waals surface area contributed by atoms with Crippen LogP contribution in [-0.4, -0.2) is 20.9 Å². The number of benzene rings is 1. The molecule has 0 saturated carbocycles. The average molecular weight is 305 g/mol. The minimum atomic E-state index is 0.523. The Kier molecular flexibility index (Phi) is 4.99. The van der Waals surface area contributed by atoms with E-state index in [1.54, 1.807) is 0 Å². The van der Waals surface area contributed by atoms with Gasteiger partial charge in [-0.3, -0.25) is 14.9 Å². The highest BCUT2D eigenvalue weighted by molar-refractivity contribution is 5.81. The Labute approximate surface area is 138 Å². The maximum atomic E-state index is 4.47. The molecule has 3 heteroatoms. The molecule has 0 aliphatic heterocycles. The zero-order chi connectivity index (χ0) is 16.1. The predicted octanol–water partition coefficient (Wildman–Crippen LogP) is 4.43. The molecule has 0 bridgehead atoms. The molecule has 3 nitrogen and oxygen atoms in total. The first kappa shape index (κ1) is 15.6. The summed E-state index contributed by atoms with van der Waals surface area (Å²) in [5, 5.41) is 1.25. The van der Waals surface area contributed by atoms with E-state index in [1.165, 1.54) is 16.5 Å². The van der Waals surface area contributed by atoms with E-state index < -0.39 is 0 Å². The van der Waals surface area contributed by atoms with Crippen molar-refractivity contribution in [2.45, 2.75) is 39.4 Å². The number of rotatable bonds is 6. The Morgan fingerprint density at radius 3 is 2.52 bits per heavy atom. The molecule has 0 aliphatic carbocycles. The number of para-hydroxylation sites is 1. The summed E-state index contributed by atoms with van der Waals surface area (Å²) in [4.78, 5) is 11.1. The van der Waals surface area contributed by atoms with Crippen LogP contribution in [0.3, 0.4) is 0 Å². The maximum Gasteiger partial charge on any atom is 0.0705 e. The summed E-state index contributed by atoms with van der Waals surface area (Å²) < 4.78 is 0. The summed E-state index contributed by atoms with van der Waals surface area (Å²) in [5.41, 5.74) is 3.71. The van der Waals surface area contributed by atoms with E-state index >= 15 is 0 Å². The molecule has 3 rings (SSSR count). The van der Waals surface area contributed by atoms with E-state index in [9.17, 15) is 0 Å². The maximum absolute atomic E-state index is 4.47. The fraction of sp³-hybridized carbons (Fsp3) is 0.300. The number of hydrogen-bond donors (Lipinski definition) is 0. The van der Waals surface area contributed by atoms with Crippen molar-refractivity contribution in [2.24, 2.45) is 0 Å². The van der Waals surface area contributed by atoms with E-state index in [4.69, 9.17) is 0 Å². The van der Waals surface area contributed by atoms with Gasteiger partial charge in [0.1, 0.15) is 0 Å². The van der Waals surface area contributed by atoms with Crippen LogP contribution in [0.15, 0.2) is 61.1 Å². The molecule has 0 N–H and O–H groups in total. The number of fused-ring (bicyclic) bond motifs is 1. The van der Waals surface area contributed by atoms with Gasteiger partial charge in [-0.15, -0.1) is 0 Å². The molecular formula is C20H23N3. The third-order valence-corrected chi connectivity index (χ3v) is 4.46. The van der Waals surface area contributed by atoms with Crippen molar-refractivity contribution in [3.8, 4) is 0 Å². The van der Waals surface area contributed by atoms with Crippen molar-refractivity contribution < 1.29 is 0 Å². The fourth-order valence-electron chi connectivity index (χ4n) is 2.86. The summed E-state index contributed by atoms with van der Waals surface area (Å²) in [6.07, 6.45) is 6.78. The first-order valence-electron chi connectivity index (χ1n) is 8.23. The van der Waals surface area contributed by atoms with Crippen molar-refractivity contribution in [2.75, 3.05) is 0 Å². The second-order valence-electron chi connectivity index (χ2n) is 6.00. The molecule has 2 aromatic heterocycles. The topological polar surface area (TPSA) is 29.0 Å². The summed E-state index contributed by atoms with van der Waals surface area (Å²) in [7, 11) is 0. The number of nitrogens with zero attached hydrogens (tertiary/aromatic N) is 3. The average Bonchev–Trinajstić information content (AvgIpc) is 2.61. The van der Waals surface area contributed by atoms with Crippen LogP contribution in [-0.2, 0) is 13.1 Å². The van der Waals surface area contributed by atoms with Gasteiger partial charge in [0.2, 0.25) is 0 Å². The van der Waals surface area contributed by atoms with Gasteiger partial charge in [0.15, 0.2) is 0 Å². The van der Waals surface area contributed by atoms with Crippen molar-refractivity contribution in [3.05, 3.63) is 72.2 Å². The second-order valence-corrected chi connectivity index (χ2v) is 6.00. The Morgan fingerprint density at radius 1 is 0.957 bits per heavy atom.